The molecule has 0 unspecified atom stereocenters. The maximum atomic E-state index is 12.7. The van der Waals surface area contributed by atoms with Crippen LogP contribution in [-0.4, -0.2) is 28.1 Å². The third-order valence-electron chi connectivity index (χ3n) is 2.64. The van der Waals surface area contributed by atoms with Crippen LogP contribution in [0.25, 0.3) is 0 Å². The van der Waals surface area contributed by atoms with Crippen molar-refractivity contribution in [2.24, 2.45) is 0 Å². The lowest BCUT2D eigenvalue weighted by atomic mass is 10.0. The molecule has 0 saturated heterocycles. The molecule has 0 bridgehead atoms. The third-order valence-corrected chi connectivity index (χ3v) is 2.64. The van der Waals surface area contributed by atoms with Gasteiger partial charge in [-0.2, -0.15) is 18.4 Å². The Labute approximate surface area is 119 Å². The molecule has 0 fully saturated rings. The molecule has 0 radical (unpaired) electrons. The van der Waals surface area contributed by atoms with E-state index in [1.54, 1.807) is 26.8 Å². The van der Waals surface area contributed by atoms with Crippen molar-refractivity contribution in [2.45, 2.75) is 32.5 Å². The molecule has 21 heavy (non-hydrogen) atoms. The predicted octanol–water partition coefficient (Wildman–Crippen LogP) is 2.66. The van der Waals surface area contributed by atoms with Gasteiger partial charge in [0.25, 0.3) is 0 Å². The first-order chi connectivity index (χ1) is 9.46. The zero-order valence-corrected chi connectivity index (χ0v) is 11.7. The van der Waals surface area contributed by atoms with E-state index in [4.69, 9.17) is 10.4 Å². The van der Waals surface area contributed by atoms with E-state index in [0.717, 1.165) is 11.0 Å². The molecule has 0 aromatic carbocycles. The number of carbonyl (C=O) groups is 1. The molecule has 1 aromatic heterocycles. The molecule has 5 nitrogen and oxygen atoms in total. The number of nitrogens with zero attached hydrogens (tertiary/aromatic N) is 3. The summed E-state index contributed by atoms with van der Waals surface area (Å²) in [5.41, 5.74) is -2.10. The zero-order valence-electron chi connectivity index (χ0n) is 11.7. The molecule has 0 aliphatic carbocycles. The summed E-state index contributed by atoms with van der Waals surface area (Å²) in [4.78, 5) is 15.5. The number of anilines is 1. The van der Waals surface area contributed by atoms with Crippen LogP contribution < -0.4 is 4.90 Å². The number of carboxylic acid groups (broad SMARTS) is 1. The van der Waals surface area contributed by atoms with Gasteiger partial charge in [0.1, 0.15) is 24.1 Å². The van der Waals surface area contributed by atoms with E-state index < -0.39 is 29.9 Å². The van der Waals surface area contributed by atoms with E-state index in [9.17, 15) is 18.0 Å². The second-order valence-corrected chi connectivity index (χ2v) is 5.33. The number of hydrogen-bond donors (Lipinski definition) is 1. The summed E-state index contributed by atoms with van der Waals surface area (Å²) < 4.78 is 38.2. The maximum Gasteiger partial charge on any atom is 0.433 e. The van der Waals surface area contributed by atoms with Gasteiger partial charge in [0.05, 0.1) is 5.56 Å². The van der Waals surface area contributed by atoms with Crippen LogP contribution in [-0.2, 0) is 11.0 Å². The number of pyridine rings is 1. The Bertz CT molecular complexity index is 586. The largest absolute Gasteiger partial charge is 0.480 e. The second kappa shape index (κ2) is 5.60. The fourth-order valence-electron chi connectivity index (χ4n) is 1.66. The van der Waals surface area contributed by atoms with Gasteiger partial charge in [-0.3, -0.25) is 4.79 Å². The SMILES string of the molecule is CC(C)(C)N(CC(=O)O)c1nc(C(F)(F)F)ccc1C#N. The first kappa shape index (κ1) is 16.8. The minimum atomic E-state index is -4.67. The fraction of sp³-hybridized carbons (Fsp3) is 0.462. The van der Waals surface area contributed by atoms with E-state index in [1.807, 2.05) is 0 Å². The number of halogens is 3. The summed E-state index contributed by atoms with van der Waals surface area (Å²) in [5.74, 6) is -1.52. The Morgan fingerprint density at radius 3 is 2.33 bits per heavy atom. The quantitative estimate of drug-likeness (QED) is 0.928. The molecule has 0 amide bonds. The van der Waals surface area contributed by atoms with Gasteiger partial charge in [-0.05, 0) is 32.9 Å². The van der Waals surface area contributed by atoms with Gasteiger partial charge in [-0.25, -0.2) is 4.98 Å². The topological polar surface area (TPSA) is 77.2 Å². The standard InChI is InChI=1S/C13H14F3N3O2/c1-12(2,3)19(7-10(20)21)11-8(6-17)4-5-9(18-11)13(14,15)16/h4-5H,7H2,1-3H3,(H,20,21). The lowest BCUT2D eigenvalue weighted by molar-refractivity contribution is -0.141. The van der Waals surface area contributed by atoms with E-state index in [2.05, 4.69) is 4.98 Å². The monoisotopic (exact) mass is 301 g/mol. The summed E-state index contributed by atoms with van der Waals surface area (Å²) in [6.07, 6.45) is -4.67. The first-order valence-corrected chi connectivity index (χ1v) is 5.94. The Morgan fingerprint density at radius 2 is 1.95 bits per heavy atom. The van der Waals surface area contributed by atoms with Crippen LogP contribution in [0, 0.1) is 11.3 Å². The highest BCUT2D eigenvalue weighted by atomic mass is 19.4. The summed E-state index contributed by atoms with van der Waals surface area (Å²) in [5, 5.41) is 17.9. The molecule has 1 aromatic rings. The van der Waals surface area contributed by atoms with Crippen molar-refractivity contribution in [3.05, 3.63) is 23.4 Å². The highest BCUT2D eigenvalue weighted by Gasteiger charge is 2.35. The molecule has 1 N–H and O–H groups in total. The van der Waals surface area contributed by atoms with Crippen molar-refractivity contribution in [2.75, 3.05) is 11.4 Å². The van der Waals surface area contributed by atoms with Crippen LogP contribution in [0.3, 0.4) is 0 Å². The van der Waals surface area contributed by atoms with Crippen molar-refractivity contribution in [3.8, 4) is 6.07 Å². The van der Waals surface area contributed by atoms with Crippen LogP contribution in [0.2, 0.25) is 0 Å². The van der Waals surface area contributed by atoms with Crippen molar-refractivity contribution in [1.29, 1.82) is 5.26 Å². The van der Waals surface area contributed by atoms with Crippen LogP contribution in [0.1, 0.15) is 32.0 Å². The molecule has 0 spiro atoms. The lowest BCUT2D eigenvalue weighted by Gasteiger charge is -2.36. The average molecular weight is 301 g/mol. The van der Waals surface area contributed by atoms with Gasteiger partial charge >= 0.3 is 12.1 Å². The van der Waals surface area contributed by atoms with Crippen molar-refractivity contribution < 1.29 is 23.1 Å². The van der Waals surface area contributed by atoms with Crippen molar-refractivity contribution >= 4 is 11.8 Å². The normalized spacial score (nSPS) is 11.9. The predicted molar refractivity (Wildman–Crippen MR) is 68.7 cm³/mol. The van der Waals surface area contributed by atoms with Crippen LogP contribution >= 0.6 is 0 Å². The number of nitriles is 1. The number of rotatable bonds is 3. The number of alkyl halides is 3. The molecular formula is C13H14F3N3O2. The van der Waals surface area contributed by atoms with E-state index >= 15 is 0 Å². The number of hydrogen-bond acceptors (Lipinski definition) is 4. The van der Waals surface area contributed by atoms with Crippen molar-refractivity contribution in [3.63, 3.8) is 0 Å². The average Bonchev–Trinajstić information content (AvgIpc) is 2.32. The van der Waals surface area contributed by atoms with Crippen LogP contribution in [0.4, 0.5) is 19.0 Å². The number of aliphatic carboxylic acids is 1. The second-order valence-electron chi connectivity index (χ2n) is 5.33. The number of carboxylic acids is 1. The molecule has 1 heterocycles. The minimum absolute atomic E-state index is 0.112. The van der Waals surface area contributed by atoms with Crippen LogP contribution in [0.5, 0.6) is 0 Å². The Kier molecular flexibility index (Phi) is 4.46. The van der Waals surface area contributed by atoms with Gasteiger partial charge in [0.2, 0.25) is 0 Å². The van der Waals surface area contributed by atoms with Gasteiger partial charge in [-0.15, -0.1) is 0 Å². The maximum absolute atomic E-state index is 12.7. The smallest absolute Gasteiger partial charge is 0.433 e. The first-order valence-electron chi connectivity index (χ1n) is 5.94. The molecule has 8 heteroatoms. The number of aromatic nitrogens is 1. The third kappa shape index (κ3) is 4.08. The highest BCUT2D eigenvalue weighted by molar-refractivity contribution is 5.74. The van der Waals surface area contributed by atoms with Gasteiger partial charge < -0.3 is 10.0 Å². The molecule has 114 valence electrons. The molecule has 1 rings (SSSR count). The zero-order chi connectivity index (χ0) is 16.4. The summed E-state index contributed by atoms with van der Waals surface area (Å²) in [7, 11) is 0. The Hall–Kier alpha value is -2.30. The summed E-state index contributed by atoms with van der Waals surface area (Å²) in [6.45, 7) is 4.31. The van der Waals surface area contributed by atoms with Gasteiger partial charge in [-0.1, -0.05) is 0 Å². The molecule has 0 saturated carbocycles. The van der Waals surface area contributed by atoms with E-state index in [-0.39, 0.29) is 11.4 Å². The van der Waals surface area contributed by atoms with Gasteiger partial charge in [0.15, 0.2) is 0 Å². The van der Waals surface area contributed by atoms with Gasteiger partial charge in [0, 0.05) is 5.54 Å². The molecule has 0 aliphatic heterocycles. The Morgan fingerprint density at radius 1 is 1.38 bits per heavy atom. The fourth-order valence-corrected chi connectivity index (χ4v) is 1.66. The molecular weight excluding hydrogens is 287 g/mol. The molecule has 0 atom stereocenters. The van der Waals surface area contributed by atoms with Crippen LogP contribution in [0.15, 0.2) is 12.1 Å². The summed E-state index contributed by atoms with van der Waals surface area (Å²) >= 11 is 0. The minimum Gasteiger partial charge on any atom is -0.480 e. The summed E-state index contributed by atoms with van der Waals surface area (Å²) in [6, 6.07) is 3.43. The lowest BCUT2D eigenvalue weighted by Crippen LogP contribution is -2.45. The van der Waals surface area contributed by atoms with Crippen molar-refractivity contribution in [1.82, 2.24) is 4.98 Å². The Balaban J connectivity index is 3.48. The molecule has 0 aliphatic rings. The van der Waals surface area contributed by atoms with E-state index in [0.29, 0.717) is 6.07 Å². The highest BCUT2D eigenvalue weighted by Crippen LogP contribution is 2.32. The van der Waals surface area contributed by atoms with E-state index in [1.165, 1.54) is 0 Å².